The average molecular weight is 562 g/mol. The van der Waals surface area contributed by atoms with Gasteiger partial charge in [0.15, 0.2) is 0 Å². The van der Waals surface area contributed by atoms with Crippen molar-refractivity contribution in [3.05, 3.63) is 54.1 Å². The van der Waals surface area contributed by atoms with Crippen molar-refractivity contribution in [3.8, 4) is 5.75 Å². The quantitative estimate of drug-likeness (QED) is 0.529. The molecule has 10 heteroatoms. The Morgan fingerprint density at radius 3 is 2.51 bits per heavy atom. The zero-order valence-corrected chi connectivity index (χ0v) is 24.5. The van der Waals surface area contributed by atoms with Gasteiger partial charge in [-0.1, -0.05) is 25.1 Å². The van der Waals surface area contributed by atoms with Crippen LogP contribution in [0.4, 0.5) is 5.69 Å². The van der Waals surface area contributed by atoms with Gasteiger partial charge in [0.05, 0.1) is 35.3 Å². The molecule has 4 atom stereocenters. The number of likely N-dealkylation sites (N-methyl/N-ethyl adjacent to an activating group) is 1. The molecule has 216 valence electrons. The third-order valence-corrected chi connectivity index (χ3v) is 8.30. The molecule has 1 aliphatic heterocycles. The van der Waals surface area contributed by atoms with Gasteiger partial charge < -0.3 is 24.4 Å². The molecule has 39 heavy (non-hydrogen) atoms. The summed E-state index contributed by atoms with van der Waals surface area (Å²) in [7, 11) is 0.132. The molecule has 0 fully saturated rings. The number of hydrogen-bond acceptors (Lipinski definition) is 7. The maximum Gasteiger partial charge on any atom is 0.261 e. The Bertz CT molecular complexity index is 1170. The van der Waals surface area contributed by atoms with Gasteiger partial charge in [0.1, 0.15) is 5.75 Å². The van der Waals surface area contributed by atoms with E-state index in [-0.39, 0.29) is 46.8 Å². The molecule has 0 saturated carbocycles. The molecule has 2 aromatic carbocycles. The molecule has 1 aliphatic rings. The van der Waals surface area contributed by atoms with E-state index >= 15 is 0 Å². The average Bonchev–Trinajstić information content (AvgIpc) is 2.90. The predicted molar refractivity (Wildman–Crippen MR) is 153 cm³/mol. The highest BCUT2D eigenvalue weighted by Gasteiger charge is 2.30. The molecular weight excluding hydrogens is 518 g/mol. The van der Waals surface area contributed by atoms with Crippen LogP contribution in [-0.2, 0) is 14.8 Å². The molecule has 2 aromatic rings. The molecule has 9 nitrogen and oxygen atoms in total. The number of carbonyl (C=O) groups excluding carboxylic acids is 1. The monoisotopic (exact) mass is 561 g/mol. The highest BCUT2D eigenvalue weighted by molar-refractivity contribution is 7.92. The fourth-order valence-electron chi connectivity index (χ4n) is 4.62. The minimum absolute atomic E-state index is 0.0173. The normalized spacial score (nSPS) is 22.5. The fraction of sp³-hybridized carbons (Fsp3) is 0.552. The lowest BCUT2D eigenvalue weighted by Gasteiger charge is -2.35. The molecule has 1 heterocycles. The molecule has 3 rings (SSSR count). The zero-order valence-electron chi connectivity index (χ0n) is 23.7. The van der Waals surface area contributed by atoms with E-state index in [1.165, 1.54) is 18.2 Å². The minimum Gasteiger partial charge on any atom is -0.490 e. The van der Waals surface area contributed by atoms with Crippen molar-refractivity contribution in [1.82, 2.24) is 9.80 Å². The van der Waals surface area contributed by atoms with E-state index in [0.717, 1.165) is 19.3 Å². The molecular formula is C29H43N3O6S. The molecule has 2 N–H and O–H groups in total. The van der Waals surface area contributed by atoms with Crippen molar-refractivity contribution in [1.29, 1.82) is 0 Å². The molecule has 0 aromatic heterocycles. The Labute approximate surface area is 233 Å². The first kappa shape index (κ1) is 30.9. The van der Waals surface area contributed by atoms with E-state index in [1.54, 1.807) is 42.2 Å². The Morgan fingerprint density at radius 2 is 1.85 bits per heavy atom. The Morgan fingerprint density at radius 1 is 1.13 bits per heavy atom. The molecule has 0 spiro atoms. The maximum absolute atomic E-state index is 14.1. The molecule has 0 aliphatic carbocycles. The first-order valence-electron chi connectivity index (χ1n) is 13.6. The number of nitrogens with one attached hydrogen (secondary N) is 1. The number of nitrogens with zero attached hydrogens (tertiary/aromatic N) is 2. The Balaban J connectivity index is 2.02. The molecule has 1 amide bonds. The maximum atomic E-state index is 14.1. The number of fused-ring (bicyclic) bond motifs is 1. The number of anilines is 1. The number of rotatable bonds is 7. The van der Waals surface area contributed by atoms with Crippen LogP contribution in [0.25, 0.3) is 0 Å². The van der Waals surface area contributed by atoms with Crippen molar-refractivity contribution in [2.45, 2.75) is 63.2 Å². The van der Waals surface area contributed by atoms with Gasteiger partial charge in [-0.15, -0.1) is 0 Å². The summed E-state index contributed by atoms with van der Waals surface area (Å²) in [6.07, 6.45) is 2.33. The number of carbonyl (C=O) groups is 1. The number of hydrogen-bond donors (Lipinski definition) is 2. The number of aliphatic hydroxyl groups excluding tert-OH is 1. The molecule has 0 bridgehead atoms. The van der Waals surface area contributed by atoms with Crippen LogP contribution < -0.4 is 9.46 Å². The largest absolute Gasteiger partial charge is 0.490 e. The van der Waals surface area contributed by atoms with Gasteiger partial charge in [-0.05, 0) is 77.5 Å². The standard InChI is InChI=1S/C29H43N3O6S/c1-21-18-32(22(2)20-33)29(34)26-17-24(30-39(35,36)25-12-7-6-8-13-25)14-15-27(26)38-23(3)11-9-10-16-37-28(21)19-31(4)5/h6-8,12-15,17,21-23,28,30,33H,9-11,16,18-20H2,1-5H3/t21-,22-,23+,28-/m1/s1. The van der Waals surface area contributed by atoms with Crippen molar-refractivity contribution < 1.29 is 27.8 Å². The van der Waals surface area contributed by atoms with Crippen molar-refractivity contribution in [2.75, 3.05) is 45.1 Å². The lowest BCUT2D eigenvalue weighted by atomic mass is 10.0. The topological polar surface area (TPSA) is 108 Å². The molecule has 0 saturated heterocycles. The van der Waals surface area contributed by atoms with Crippen LogP contribution in [0, 0.1) is 5.92 Å². The van der Waals surface area contributed by atoms with Crippen LogP contribution in [0.5, 0.6) is 5.75 Å². The number of benzene rings is 2. The lowest BCUT2D eigenvalue weighted by molar-refractivity contribution is -0.0137. The van der Waals surface area contributed by atoms with E-state index in [2.05, 4.69) is 9.62 Å². The predicted octanol–water partition coefficient (Wildman–Crippen LogP) is 3.84. The third kappa shape index (κ3) is 8.66. The van der Waals surface area contributed by atoms with Crippen LogP contribution in [0.1, 0.15) is 50.4 Å². The van der Waals surface area contributed by atoms with Gasteiger partial charge >= 0.3 is 0 Å². The van der Waals surface area contributed by atoms with Crippen molar-refractivity contribution >= 4 is 21.6 Å². The number of aliphatic hydroxyl groups is 1. The van der Waals surface area contributed by atoms with Gasteiger partial charge in [0.25, 0.3) is 15.9 Å². The summed E-state index contributed by atoms with van der Waals surface area (Å²) in [5.74, 6) is 0.0273. The second-order valence-electron chi connectivity index (χ2n) is 10.7. The van der Waals surface area contributed by atoms with Gasteiger partial charge in [-0.3, -0.25) is 9.52 Å². The summed E-state index contributed by atoms with van der Waals surface area (Å²) in [6, 6.07) is 12.4. The lowest BCUT2D eigenvalue weighted by Crippen LogP contribution is -2.47. The van der Waals surface area contributed by atoms with E-state index < -0.39 is 16.1 Å². The second-order valence-corrected chi connectivity index (χ2v) is 12.4. The highest BCUT2D eigenvalue weighted by atomic mass is 32.2. The third-order valence-electron chi connectivity index (χ3n) is 6.90. The van der Waals surface area contributed by atoms with E-state index in [0.29, 0.717) is 25.4 Å². The first-order valence-corrected chi connectivity index (χ1v) is 15.1. The highest BCUT2D eigenvalue weighted by Crippen LogP contribution is 2.29. The van der Waals surface area contributed by atoms with Crippen LogP contribution >= 0.6 is 0 Å². The van der Waals surface area contributed by atoms with E-state index in [4.69, 9.17) is 9.47 Å². The number of sulfonamides is 1. The number of ether oxygens (including phenoxy) is 2. The second kappa shape index (κ2) is 14.1. The fourth-order valence-corrected chi connectivity index (χ4v) is 5.69. The minimum atomic E-state index is -3.86. The smallest absolute Gasteiger partial charge is 0.261 e. The number of amides is 1. The van der Waals surface area contributed by atoms with Gasteiger partial charge in [0.2, 0.25) is 0 Å². The van der Waals surface area contributed by atoms with Crippen LogP contribution in [0.3, 0.4) is 0 Å². The summed E-state index contributed by atoms with van der Waals surface area (Å²) in [6.45, 7) is 7.27. The van der Waals surface area contributed by atoms with Crippen molar-refractivity contribution in [3.63, 3.8) is 0 Å². The Kier molecular flexibility index (Phi) is 11.2. The summed E-state index contributed by atoms with van der Waals surface area (Å²) >= 11 is 0. The van der Waals surface area contributed by atoms with Crippen LogP contribution in [0.2, 0.25) is 0 Å². The van der Waals surface area contributed by atoms with Crippen LogP contribution in [0.15, 0.2) is 53.4 Å². The van der Waals surface area contributed by atoms with Gasteiger partial charge in [-0.25, -0.2) is 8.42 Å². The first-order chi connectivity index (χ1) is 18.5. The summed E-state index contributed by atoms with van der Waals surface area (Å²) in [4.78, 5) is 17.9. The molecule has 0 radical (unpaired) electrons. The zero-order chi connectivity index (χ0) is 28.6. The summed E-state index contributed by atoms with van der Waals surface area (Å²) < 4.78 is 41.0. The van der Waals surface area contributed by atoms with Crippen molar-refractivity contribution in [2.24, 2.45) is 5.92 Å². The summed E-state index contributed by atoms with van der Waals surface area (Å²) in [5.41, 5.74) is 0.492. The van der Waals surface area contributed by atoms with Crippen LogP contribution in [-0.4, -0.2) is 87.9 Å². The Hall–Kier alpha value is -2.66. The van der Waals surface area contributed by atoms with Gasteiger partial charge in [-0.2, -0.15) is 0 Å². The van der Waals surface area contributed by atoms with E-state index in [9.17, 15) is 18.3 Å². The molecule has 0 unspecified atom stereocenters. The SMILES string of the molecule is C[C@@H]1CN([C@H](C)CO)C(=O)c2cc(NS(=O)(=O)c3ccccc3)ccc2O[C@@H](C)CCCCO[C@@H]1CN(C)C. The summed E-state index contributed by atoms with van der Waals surface area (Å²) in [5, 5.41) is 10.0. The van der Waals surface area contributed by atoms with E-state index in [1.807, 2.05) is 27.9 Å². The van der Waals surface area contributed by atoms with Gasteiger partial charge in [0, 0.05) is 31.3 Å².